The van der Waals surface area contributed by atoms with Crippen LogP contribution in [0.4, 0.5) is 5.82 Å². The number of hydrogen-bond acceptors (Lipinski definition) is 2. The van der Waals surface area contributed by atoms with E-state index in [1.54, 1.807) is 4.45 Å². The largest absolute Gasteiger partial charge is 0.365 e. The molecule has 4 heteroatoms. The van der Waals surface area contributed by atoms with Crippen molar-refractivity contribution in [1.29, 1.82) is 0 Å². The van der Waals surface area contributed by atoms with Gasteiger partial charge in [-0.15, -0.1) is 0 Å². The van der Waals surface area contributed by atoms with Crippen molar-refractivity contribution < 1.29 is 0 Å². The molecule has 3 nitrogen and oxygen atoms in total. The molecule has 0 aliphatic carbocycles. The minimum atomic E-state index is 0.813. The van der Waals surface area contributed by atoms with Crippen molar-refractivity contribution >= 4 is 20.8 Å². The van der Waals surface area contributed by atoms with Crippen LogP contribution in [0.3, 0.4) is 0 Å². The highest BCUT2D eigenvalue weighted by atomic mass is 31.0. The van der Waals surface area contributed by atoms with Crippen LogP contribution in [-0.4, -0.2) is 16.1 Å². The van der Waals surface area contributed by atoms with E-state index in [-0.39, 0.29) is 0 Å². The van der Waals surface area contributed by atoms with Gasteiger partial charge in [-0.1, -0.05) is 18.7 Å². The quantitative estimate of drug-likeness (QED) is 0.612. The molecule has 2 rings (SSSR count). The standard InChI is InChI=1S/C8H10N3P/c1-6-3-2-4-9-8-7(6)5-11(12)10-8/h2-3,5H,1,4,12H2,(H,9,10). The van der Waals surface area contributed by atoms with Crippen molar-refractivity contribution in [1.82, 2.24) is 9.55 Å². The van der Waals surface area contributed by atoms with Gasteiger partial charge >= 0.3 is 0 Å². The van der Waals surface area contributed by atoms with Crippen molar-refractivity contribution in [3.63, 3.8) is 0 Å². The highest BCUT2D eigenvalue weighted by molar-refractivity contribution is 7.14. The average molecular weight is 179 g/mol. The topological polar surface area (TPSA) is 29.9 Å². The van der Waals surface area contributed by atoms with Gasteiger partial charge in [-0.2, -0.15) is 5.10 Å². The molecule has 1 aromatic rings. The molecule has 12 heavy (non-hydrogen) atoms. The van der Waals surface area contributed by atoms with E-state index in [9.17, 15) is 0 Å². The van der Waals surface area contributed by atoms with Crippen LogP contribution in [0.15, 0.2) is 24.9 Å². The lowest BCUT2D eigenvalue weighted by Gasteiger charge is -1.97. The molecule has 0 radical (unpaired) electrons. The molecule has 62 valence electrons. The highest BCUT2D eigenvalue weighted by Gasteiger charge is 2.09. The SMILES string of the molecule is C=C1C=CCNc2nn(P)cc21. The molecule has 1 atom stereocenters. The molecule has 2 heterocycles. The van der Waals surface area contributed by atoms with Gasteiger partial charge in [0.25, 0.3) is 0 Å². The Hall–Kier alpha value is -1.08. The summed E-state index contributed by atoms with van der Waals surface area (Å²) in [6.45, 7) is 4.75. The molecule has 0 amide bonds. The molecule has 0 saturated heterocycles. The van der Waals surface area contributed by atoms with E-state index in [4.69, 9.17) is 0 Å². The highest BCUT2D eigenvalue weighted by Crippen LogP contribution is 2.24. The van der Waals surface area contributed by atoms with Crippen LogP contribution in [0.1, 0.15) is 5.56 Å². The number of rotatable bonds is 0. The van der Waals surface area contributed by atoms with E-state index in [0.717, 1.165) is 23.5 Å². The van der Waals surface area contributed by atoms with Crippen LogP contribution in [0, 0.1) is 0 Å². The summed E-state index contributed by atoms with van der Waals surface area (Å²) in [6, 6.07) is 0. The van der Waals surface area contributed by atoms with Crippen LogP contribution < -0.4 is 5.32 Å². The Morgan fingerprint density at radius 1 is 1.67 bits per heavy atom. The van der Waals surface area contributed by atoms with Crippen LogP contribution in [-0.2, 0) is 0 Å². The van der Waals surface area contributed by atoms with E-state index in [1.165, 1.54) is 0 Å². The number of nitrogens with one attached hydrogen (secondary N) is 1. The summed E-state index contributed by atoms with van der Waals surface area (Å²) < 4.78 is 1.71. The number of allylic oxidation sites excluding steroid dienone is 2. The van der Waals surface area contributed by atoms with E-state index in [1.807, 2.05) is 18.3 Å². The molecule has 1 aliphatic heterocycles. The van der Waals surface area contributed by atoms with Gasteiger partial charge < -0.3 is 5.32 Å². The number of fused-ring (bicyclic) bond motifs is 1. The van der Waals surface area contributed by atoms with Gasteiger partial charge in [0, 0.05) is 18.3 Å². The van der Waals surface area contributed by atoms with Gasteiger partial charge in [-0.3, -0.25) is 4.45 Å². The summed E-state index contributed by atoms with van der Waals surface area (Å²) in [5.74, 6) is 0.903. The average Bonchev–Trinajstić information content (AvgIpc) is 2.33. The van der Waals surface area contributed by atoms with E-state index in [0.29, 0.717) is 0 Å². The van der Waals surface area contributed by atoms with Gasteiger partial charge in [-0.25, -0.2) is 0 Å². The third-order valence-corrected chi connectivity index (χ3v) is 2.05. The number of aromatic nitrogens is 2. The molecule has 0 spiro atoms. The zero-order valence-corrected chi connectivity index (χ0v) is 7.77. The Morgan fingerprint density at radius 2 is 2.50 bits per heavy atom. The summed E-state index contributed by atoms with van der Waals surface area (Å²) in [6.07, 6.45) is 5.98. The molecule has 1 N–H and O–H groups in total. The van der Waals surface area contributed by atoms with Crippen molar-refractivity contribution in [2.24, 2.45) is 0 Å². The third kappa shape index (κ3) is 1.16. The second-order valence-corrected chi connectivity index (χ2v) is 3.21. The van der Waals surface area contributed by atoms with Crippen LogP contribution in [0.25, 0.3) is 5.57 Å². The monoisotopic (exact) mass is 179 g/mol. The fraction of sp³-hybridized carbons (Fsp3) is 0.125. The Balaban J connectivity index is 2.52. The normalized spacial score (nSPS) is 15.2. The van der Waals surface area contributed by atoms with Gasteiger partial charge in [0.2, 0.25) is 0 Å². The number of nitrogens with zero attached hydrogens (tertiary/aromatic N) is 2. The first kappa shape index (κ1) is 7.56. The van der Waals surface area contributed by atoms with Gasteiger partial charge in [0.15, 0.2) is 5.82 Å². The Kier molecular flexibility index (Phi) is 1.74. The fourth-order valence-electron chi connectivity index (χ4n) is 1.20. The molecular formula is C8H10N3P. The third-order valence-electron chi connectivity index (χ3n) is 1.78. The fourth-order valence-corrected chi connectivity index (χ4v) is 1.47. The maximum absolute atomic E-state index is 4.23. The second kappa shape index (κ2) is 2.76. The van der Waals surface area contributed by atoms with Crippen LogP contribution in [0.2, 0.25) is 0 Å². The Labute approximate surface area is 73.4 Å². The molecule has 0 aromatic carbocycles. The second-order valence-electron chi connectivity index (χ2n) is 2.68. The van der Waals surface area contributed by atoms with E-state index < -0.39 is 0 Å². The van der Waals surface area contributed by atoms with Gasteiger partial charge in [0.1, 0.15) is 0 Å². The maximum Gasteiger partial charge on any atom is 0.156 e. The zero-order valence-electron chi connectivity index (χ0n) is 6.62. The Morgan fingerprint density at radius 3 is 3.33 bits per heavy atom. The first-order valence-electron chi connectivity index (χ1n) is 3.72. The Bertz CT molecular complexity index is 351. The van der Waals surface area contributed by atoms with Gasteiger partial charge in [0.05, 0.1) is 0 Å². The first-order valence-corrected chi connectivity index (χ1v) is 4.23. The zero-order chi connectivity index (χ0) is 8.55. The predicted octanol–water partition coefficient (Wildman–Crippen LogP) is 1.52. The number of hydrogen-bond donors (Lipinski definition) is 1. The minimum absolute atomic E-state index is 0.813. The maximum atomic E-state index is 4.23. The van der Waals surface area contributed by atoms with Crippen molar-refractivity contribution in [2.75, 3.05) is 11.9 Å². The smallest absolute Gasteiger partial charge is 0.156 e. The lowest BCUT2D eigenvalue weighted by molar-refractivity contribution is 1.01. The predicted molar refractivity (Wildman–Crippen MR) is 54.0 cm³/mol. The summed E-state index contributed by atoms with van der Waals surface area (Å²) in [4.78, 5) is 0. The molecule has 1 aliphatic rings. The van der Waals surface area contributed by atoms with Crippen molar-refractivity contribution in [3.05, 3.63) is 30.5 Å². The lowest BCUT2D eigenvalue weighted by atomic mass is 10.1. The van der Waals surface area contributed by atoms with Crippen LogP contribution >= 0.6 is 9.39 Å². The van der Waals surface area contributed by atoms with E-state index in [2.05, 4.69) is 26.4 Å². The lowest BCUT2D eigenvalue weighted by Crippen LogP contribution is -1.98. The van der Waals surface area contributed by atoms with Crippen molar-refractivity contribution in [2.45, 2.75) is 0 Å². The molecule has 1 unspecified atom stereocenters. The van der Waals surface area contributed by atoms with Crippen LogP contribution in [0.5, 0.6) is 0 Å². The molecule has 0 fully saturated rings. The summed E-state index contributed by atoms with van der Waals surface area (Å²) in [7, 11) is 2.50. The van der Waals surface area contributed by atoms with Gasteiger partial charge in [-0.05, 0) is 15.0 Å². The molecule has 0 saturated carbocycles. The molecular weight excluding hydrogens is 169 g/mol. The summed E-state index contributed by atoms with van der Waals surface area (Å²) >= 11 is 0. The molecule has 0 bridgehead atoms. The minimum Gasteiger partial charge on any atom is -0.365 e. The summed E-state index contributed by atoms with van der Waals surface area (Å²) in [5.41, 5.74) is 2.07. The van der Waals surface area contributed by atoms with E-state index >= 15 is 0 Å². The number of anilines is 1. The van der Waals surface area contributed by atoms with Crippen molar-refractivity contribution in [3.8, 4) is 0 Å². The summed E-state index contributed by atoms with van der Waals surface area (Å²) in [5, 5.41) is 7.41. The molecule has 1 aromatic heterocycles. The first-order chi connectivity index (χ1) is 5.77.